The molecule has 3 nitrogen and oxygen atoms in total. The molecule has 0 spiro atoms. The van der Waals surface area contributed by atoms with Gasteiger partial charge in [-0.1, -0.05) is 40.2 Å². The molecule has 0 heterocycles. The Labute approximate surface area is 180 Å². The van der Waals surface area contributed by atoms with E-state index in [2.05, 4.69) is 82.7 Å². The topological polar surface area (TPSA) is 35.5 Å². The third kappa shape index (κ3) is 4.91. The van der Waals surface area contributed by atoms with Crippen molar-refractivity contribution < 1.29 is 14.0 Å². The van der Waals surface area contributed by atoms with E-state index in [0.29, 0.717) is 6.42 Å². The van der Waals surface area contributed by atoms with Crippen LogP contribution in [0.15, 0.2) is 28.3 Å². The van der Waals surface area contributed by atoms with Crippen molar-refractivity contribution in [3.8, 4) is 11.5 Å². The van der Waals surface area contributed by atoms with Gasteiger partial charge in [0.1, 0.15) is 11.5 Å². The van der Waals surface area contributed by atoms with Crippen molar-refractivity contribution >= 4 is 30.0 Å². The molecule has 1 aromatic rings. The molecule has 1 aliphatic rings. The maximum Gasteiger partial charge on any atom is 0.250 e. The summed E-state index contributed by atoms with van der Waals surface area (Å²) < 4.78 is 13.2. The van der Waals surface area contributed by atoms with Gasteiger partial charge >= 0.3 is 0 Å². The third-order valence-electron chi connectivity index (χ3n) is 6.44. The fraction of sp³-hybridized carbons (Fsp3) is 0.609. The van der Waals surface area contributed by atoms with Crippen molar-refractivity contribution in [2.75, 3.05) is 7.11 Å². The Kier molecular flexibility index (Phi) is 6.62. The van der Waals surface area contributed by atoms with Crippen LogP contribution in [0.25, 0.3) is 0 Å². The summed E-state index contributed by atoms with van der Waals surface area (Å²) in [5, 5.41) is 0.114. The number of rotatable bonds is 5. The standard InChI is InChI=1S/C23H35BrO3Si/c1-15-10-17(25)14-23(5,6)18(15)11-16-12-21(26-7)19(24)13-20(16)27-28(8,9)22(2,3)4/h10,12-13,18H,11,14H2,1-9H3. The summed E-state index contributed by atoms with van der Waals surface area (Å²) in [6.45, 7) is 17.7. The average Bonchev–Trinajstić information content (AvgIpc) is 2.50. The smallest absolute Gasteiger partial charge is 0.250 e. The van der Waals surface area contributed by atoms with Crippen LogP contribution >= 0.6 is 15.9 Å². The monoisotopic (exact) mass is 466 g/mol. The summed E-state index contributed by atoms with van der Waals surface area (Å²) in [4.78, 5) is 12.1. The first kappa shape index (κ1) is 23.2. The third-order valence-corrected chi connectivity index (χ3v) is 11.4. The van der Waals surface area contributed by atoms with Crippen LogP contribution in [0, 0.1) is 11.3 Å². The number of halogens is 1. The van der Waals surface area contributed by atoms with Gasteiger partial charge in [-0.25, -0.2) is 0 Å². The molecule has 156 valence electrons. The van der Waals surface area contributed by atoms with Gasteiger partial charge in [0.2, 0.25) is 8.32 Å². The van der Waals surface area contributed by atoms with Gasteiger partial charge in [0.25, 0.3) is 0 Å². The Hall–Kier alpha value is -1.07. The van der Waals surface area contributed by atoms with Crippen LogP contribution in [0.5, 0.6) is 11.5 Å². The average molecular weight is 468 g/mol. The molecule has 1 atom stereocenters. The molecule has 1 aliphatic carbocycles. The van der Waals surface area contributed by atoms with E-state index in [1.54, 1.807) is 7.11 Å². The zero-order valence-electron chi connectivity index (χ0n) is 18.8. The maximum absolute atomic E-state index is 12.1. The number of carbonyl (C=O) groups excluding carboxylic acids is 1. The largest absolute Gasteiger partial charge is 0.543 e. The van der Waals surface area contributed by atoms with Crippen LogP contribution in [0.2, 0.25) is 18.1 Å². The van der Waals surface area contributed by atoms with E-state index in [-0.39, 0.29) is 22.2 Å². The van der Waals surface area contributed by atoms with Crippen molar-refractivity contribution in [1.29, 1.82) is 0 Å². The molecule has 2 rings (SSSR count). The number of ketones is 1. The predicted molar refractivity (Wildman–Crippen MR) is 123 cm³/mol. The molecule has 0 fully saturated rings. The molecule has 0 saturated carbocycles. The Balaban J connectivity index is 2.50. The summed E-state index contributed by atoms with van der Waals surface area (Å²) >= 11 is 3.62. The van der Waals surface area contributed by atoms with Crippen LogP contribution in [-0.2, 0) is 11.2 Å². The molecular weight excluding hydrogens is 432 g/mol. The van der Waals surface area contributed by atoms with Crippen LogP contribution in [-0.4, -0.2) is 21.2 Å². The number of ether oxygens (including phenoxy) is 1. The summed E-state index contributed by atoms with van der Waals surface area (Å²) in [6, 6.07) is 4.14. The van der Waals surface area contributed by atoms with Crippen LogP contribution < -0.4 is 9.16 Å². The summed E-state index contributed by atoms with van der Waals surface area (Å²) in [5.74, 6) is 2.26. The summed E-state index contributed by atoms with van der Waals surface area (Å²) in [5.41, 5.74) is 2.22. The van der Waals surface area contributed by atoms with Crippen LogP contribution in [0.4, 0.5) is 0 Å². The van der Waals surface area contributed by atoms with Crippen molar-refractivity contribution in [2.45, 2.75) is 72.5 Å². The first-order chi connectivity index (χ1) is 12.7. The normalized spacial score (nSPS) is 20.0. The quantitative estimate of drug-likeness (QED) is 0.440. The van der Waals surface area contributed by atoms with Gasteiger partial charge in [0, 0.05) is 6.42 Å². The number of hydrogen-bond acceptors (Lipinski definition) is 3. The van der Waals surface area contributed by atoms with Gasteiger partial charge in [0.15, 0.2) is 5.78 Å². The number of allylic oxidation sites excluding steroid dienone is 2. The Bertz CT molecular complexity index is 788. The van der Waals surface area contributed by atoms with E-state index in [1.165, 1.54) is 0 Å². The molecule has 5 heteroatoms. The number of methoxy groups -OCH3 is 1. The van der Waals surface area contributed by atoms with E-state index >= 15 is 0 Å². The van der Waals surface area contributed by atoms with E-state index in [0.717, 1.165) is 33.5 Å². The number of hydrogen-bond donors (Lipinski definition) is 0. The fourth-order valence-corrected chi connectivity index (χ4v) is 5.20. The van der Waals surface area contributed by atoms with Gasteiger partial charge in [0.05, 0.1) is 11.6 Å². The predicted octanol–water partition coefficient (Wildman–Crippen LogP) is 6.95. The zero-order chi connectivity index (χ0) is 21.5. The first-order valence-electron chi connectivity index (χ1n) is 9.94. The van der Waals surface area contributed by atoms with E-state index in [4.69, 9.17) is 9.16 Å². The molecule has 0 saturated heterocycles. The minimum Gasteiger partial charge on any atom is -0.543 e. The highest BCUT2D eigenvalue weighted by atomic mass is 79.9. The molecule has 0 bridgehead atoms. The highest BCUT2D eigenvalue weighted by Crippen LogP contribution is 2.45. The molecule has 0 aliphatic heterocycles. The Morgan fingerprint density at radius 2 is 1.82 bits per heavy atom. The zero-order valence-corrected chi connectivity index (χ0v) is 21.4. The van der Waals surface area contributed by atoms with Crippen molar-refractivity contribution in [1.82, 2.24) is 0 Å². The maximum atomic E-state index is 12.1. The molecule has 1 unspecified atom stereocenters. The molecular formula is C23H35BrO3Si. The molecule has 0 N–H and O–H groups in total. The second-order valence-corrected chi connectivity index (χ2v) is 15.8. The molecule has 1 aromatic carbocycles. The summed E-state index contributed by atoms with van der Waals surface area (Å²) in [6.07, 6.45) is 3.23. The Morgan fingerprint density at radius 1 is 1.21 bits per heavy atom. The lowest BCUT2D eigenvalue weighted by atomic mass is 9.66. The minimum absolute atomic E-state index is 0.0789. The van der Waals surface area contributed by atoms with Crippen molar-refractivity contribution in [2.24, 2.45) is 11.3 Å². The molecule has 0 radical (unpaired) electrons. The molecule has 28 heavy (non-hydrogen) atoms. The second kappa shape index (κ2) is 7.98. The molecule has 0 amide bonds. The van der Waals surface area contributed by atoms with E-state index in [1.807, 2.05) is 6.08 Å². The summed E-state index contributed by atoms with van der Waals surface area (Å²) in [7, 11) is -0.300. The van der Waals surface area contributed by atoms with Crippen LogP contribution in [0.3, 0.4) is 0 Å². The minimum atomic E-state index is -1.99. The van der Waals surface area contributed by atoms with E-state index in [9.17, 15) is 4.79 Å². The number of carbonyl (C=O) groups is 1. The SMILES string of the molecule is COc1cc(CC2C(C)=CC(=O)CC2(C)C)c(O[Si](C)(C)C(C)(C)C)cc1Br. The van der Waals surface area contributed by atoms with Gasteiger partial charge < -0.3 is 9.16 Å². The van der Waals surface area contributed by atoms with Gasteiger partial charge in [-0.15, -0.1) is 0 Å². The number of benzene rings is 1. The first-order valence-corrected chi connectivity index (χ1v) is 13.6. The lowest BCUT2D eigenvalue weighted by Gasteiger charge is -2.40. The Morgan fingerprint density at radius 3 is 2.32 bits per heavy atom. The molecule has 0 aromatic heterocycles. The van der Waals surface area contributed by atoms with Crippen molar-refractivity contribution in [3.05, 3.63) is 33.8 Å². The van der Waals surface area contributed by atoms with Gasteiger partial charge in [-0.3, -0.25) is 4.79 Å². The van der Waals surface area contributed by atoms with Crippen LogP contribution in [0.1, 0.15) is 53.5 Å². The van der Waals surface area contributed by atoms with Gasteiger partial charge in [-0.05, 0) is 82.5 Å². The second-order valence-electron chi connectivity index (χ2n) is 10.2. The highest BCUT2D eigenvalue weighted by molar-refractivity contribution is 9.10. The lowest BCUT2D eigenvalue weighted by Crippen LogP contribution is -2.44. The highest BCUT2D eigenvalue weighted by Gasteiger charge is 2.40. The van der Waals surface area contributed by atoms with E-state index < -0.39 is 8.32 Å². The van der Waals surface area contributed by atoms with Gasteiger partial charge in [-0.2, -0.15) is 0 Å². The fourth-order valence-electron chi connectivity index (χ4n) is 3.67. The van der Waals surface area contributed by atoms with Crippen molar-refractivity contribution in [3.63, 3.8) is 0 Å². The lowest BCUT2D eigenvalue weighted by molar-refractivity contribution is -0.117.